The summed E-state index contributed by atoms with van der Waals surface area (Å²) in [5.41, 5.74) is 0. The first-order valence-corrected chi connectivity index (χ1v) is 2.50. The van der Waals surface area contributed by atoms with Crippen molar-refractivity contribution in [2.24, 2.45) is 0 Å². The minimum atomic E-state index is 0. The van der Waals surface area contributed by atoms with Crippen LogP contribution in [0.15, 0.2) is 65.8 Å². The third-order valence-electron chi connectivity index (χ3n) is 0. The molecule has 0 atom stereocenters. The molecule has 0 heterocycles. The Kier molecular flexibility index (Phi) is 16500. The Morgan fingerprint density at radius 1 is 0.188 bits per heavy atom. The second-order valence-electron chi connectivity index (χ2n) is 0. The van der Waals surface area contributed by atoms with E-state index in [9.17, 15) is 0 Å². The first-order chi connectivity index (χ1) is 5.00. The van der Waals surface area contributed by atoms with Crippen molar-refractivity contribution in [2.45, 2.75) is 44.6 Å². The second-order valence-corrected chi connectivity index (χ2v) is 0. The van der Waals surface area contributed by atoms with Gasteiger partial charge in [0, 0.05) is 0 Å². The van der Waals surface area contributed by atoms with Crippen LogP contribution in [0.4, 0.5) is 0 Å². The molecule has 0 aromatic heterocycles. The highest BCUT2D eigenvalue weighted by Crippen LogP contribution is 0.870. The highest BCUT2D eigenvalue weighted by molar-refractivity contribution is 4.23. The van der Waals surface area contributed by atoms with Gasteiger partial charge >= 0.3 is 0 Å². The molecule has 108 valence electrons. The maximum atomic E-state index is 3.00. The van der Waals surface area contributed by atoms with Crippen molar-refractivity contribution in [1.82, 2.24) is 0 Å². The average Bonchev–Trinajstić information content (AvgIpc) is 2.20. The third-order valence-corrected chi connectivity index (χ3v) is 0. The van der Waals surface area contributed by atoms with Crippen LogP contribution in [0.5, 0.6) is 0 Å². The molecule has 0 aromatic carbocycles. The summed E-state index contributed by atoms with van der Waals surface area (Å²) in [6.07, 6.45) is 0. The van der Waals surface area contributed by atoms with Crippen LogP contribution in [0.3, 0.4) is 0 Å². The van der Waals surface area contributed by atoms with E-state index < -0.39 is 0 Å². The van der Waals surface area contributed by atoms with Gasteiger partial charge in [0.2, 0.25) is 0 Å². The fourth-order valence-electron chi connectivity index (χ4n) is 0. The maximum Gasteiger partial charge on any atom is -0.0776 e. The molecule has 0 aromatic rings. The SMILES string of the molecule is C.C.C.C.C.C.C=C.C=C.C=C.C=C.C=C. The highest BCUT2D eigenvalue weighted by atomic mass is 12.7. The Hall–Kier alpha value is -1.30. The molecule has 0 aliphatic rings. The van der Waals surface area contributed by atoms with Crippen LogP contribution in [0.1, 0.15) is 44.6 Å². The molecule has 0 fully saturated rings. The standard InChI is InChI=1S/5C2H4.6CH4/c5*1-2;;;;;;/h5*1-2H2;6*1H4. The van der Waals surface area contributed by atoms with Crippen LogP contribution >= 0.6 is 0 Å². The van der Waals surface area contributed by atoms with Gasteiger partial charge in [0.15, 0.2) is 0 Å². The predicted octanol–water partition coefficient (Wildman–Crippen LogP) is 7.83. The molecule has 0 aliphatic carbocycles. The maximum absolute atomic E-state index is 3.00. The van der Waals surface area contributed by atoms with E-state index in [1.807, 2.05) is 0 Å². The van der Waals surface area contributed by atoms with E-state index in [1.165, 1.54) is 0 Å². The Labute approximate surface area is 111 Å². The lowest BCUT2D eigenvalue weighted by Crippen LogP contribution is -0.552. The number of hydrogen-bond donors (Lipinski definition) is 0. The number of hydrogen-bond acceptors (Lipinski definition) is 0. The van der Waals surface area contributed by atoms with Crippen LogP contribution in [-0.4, -0.2) is 0 Å². The van der Waals surface area contributed by atoms with Crippen molar-refractivity contribution in [3.8, 4) is 0 Å². The van der Waals surface area contributed by atoms with Crippen molar-refractivity contribution in [3.05, 3.63) is 65.8 Å². The van der Waals surface area contributed by atoms with E-state index in [0.29, 0.717) is 0 Å². The van der Waals surface area contributed by atoms with Crippen LogP contribution in [-0.2, 0) is 0 Å². The molecule has 0 heteroatoms. The Bertz CT molecular complexity index is 11.6. The molecule has 0 radical (unpaired) electrons. The Morgan fingerprint density at radius 2 is 0.188 bits per heavy atom. The quantitative estimate of drug-likeness (QED) is 0.376. The van der Waals surface area contributed by atoms with Gasteiger partial charge in [0.05, 0.1) is 0 Å². The van der Waals surface area contributed by atoms with Crippen LogP contribution in [0, 0.1) is 0 Å². The minimum Gasteiger partial charge on any atom is -0.106 e. The summed E-state index contributed by atoms with van der Waals surface area (Å²) in [7, 11) is 0. The predicted molar refractivity (Wildman–Crippen MR) is 96.7 cm³/mol. The summed E-state index contributed by atoms with van der Waals surface area (Å²) in [5, 5.41) is 0. The van der Waals surface area contributed by atoms with Crippen molar-refractivity contribution < 1.29 is 0 Å². The van der Waals surface area contributed by atoms with Gasteiger partial charge < -0.3 is 0 Å². The normalized spacial score (nSPS) is 1.25. The van der Waals surface area contributed by atoms with Crippen LogP contribution < -0.4 is 0 Å². The fraction of sp³-hybridized carbons (Fsp3) is 0.375. The van der Waals surface area contributed by atoms with Gasteiger partial charge in [-0.05, 0) is 0 Å². The van der Waals surface area contributed by atoms with E-state index >= 15 is 0 Å². The van der Waals surface area contributed by atoms with Gasteiger partial charge in [-0.15, -0.1) is 65.8 Å². The van der Waals surface area contributed by atoms with Gasteiger partial charge in [0.25, 0.3) is 0 Å². The number of rotatable bonds is 0. The molecule has 0 N–H and O–H groups in total. The van der Waals surface area contributed by atoms with Gasteiger partial charge in [-0.3, -0.25) is 0 Å². The van der Waals surface area contributed by atoms with E-state index in [2.05, 4.69) is 65.8 Å². The second kappa shape index (κ2) is 1310. The molecule has 0 nitrogen and oxygen atoms in total. The van der Waals surface area contributed by atoms with Gasteiger partial charge in [-0.1, -0.05) is 44.6 Å². The summed E-state index contributed by atoms with van der Waals surface area (Å²) in [6.45, 7) is 30.0. The molecule has 0 aliphatic heterocycles. The zero-order chi connectivity index (χ0) is 10.0. The van der Waals surface area contributed by atoms with Crippen molar-refractivity contribution in [3.63, 3.8) is 0 Å². The molecule has 0 bridgehead atoms. The van der Waals surface area contributed by atoms with E-state index in [4.69, 9.17) is 0 Å². The lowest BCUT2D eigenvalue weighted by Gasteiger charge is -0.813. The van der Waals surface area contributed by atoms with E-state index in [-0.39, 0.29) is 44.6 Å². The molecule has 0 unspecified atom stereocenters. The summed E-state index contributed by atoms with van der Waals surface area (Å²) in [6, 6.07) is 0. The van der Waals surface area contributed by atoms with Crippen LogP contribution in [0.25, 0.3) is 0 Å². The zero-order valence-electron chi connectivity index (χ0n) is 7.07. The first kappa shape index (κ1) is 202. The van der Waals surface area contributed by atoms with E-state index in [0.717, 1.165) is 0 Å². The largest absolute Gasteiger partial charge is 0.106 e. The fourth-order valence-corrected chi connectivity index (χ4v) is 0. The summed E-state index contributed by atoms with van der Waals surface area (Å²) in [4.78, 5) is 0. The van der Waals surface area contributed by atoms with Crippen molar-refractivity contribution >= 4 is 0 Å². The molecule has 0 spiro atoms. The van der Waals surface area contributed by atoms with Crippen molar-refractivity contribution in [2.75, 3.05) is 0 Å². The molecule has 0 saturated carbocycles. The molecule has 16 heavy (non-hydrogen) atoms. The lowest BCUT2D eigenvalue weighted by molar-refractivity contribution is 2.50. The molecule has 0 rings (SSSR count). The zero-order valence-corrected chi connectivity index (χ0v) is 7.07. The Balaban J connectivity index is -0.00000000198. The summed E-state index contributed by atoms with van der Waals surface area (Å²) in [5.74, 6) is 0. The summed E-state index contributed by atoms with van der Waals surface area (Å²) < 4.78 is 0. The average molecular weight is 237 g/mol. The monoisotopic (exact) mass is 236 g/mol. The minimum absolute atomic E-state index is 0. The first-order valence-electron chi connectivity index (χ1n) is 2.50. The molecular formula is C16H44. The molecule has 0 amide bonds. The Morgan fingerprint density at radius 3 is 0.188 bits per heavy atom. The lowest BCUT2D eigenvalue weighted by atomic mass is 11.3. The topological polar surface area (TPSA) is 0 Å². The van der Waals surface area contributed by atoms with Gasteiger partial charge in [-0.2, -0.15) is 0 Å². The van der Waals surface area contributed by atoms with Gasteiger partial charge in [0.1, 0.15) is 0 Å². The summed E-state index contributed by atoms with van der Waals surface area (Å²) >= 11 is 0. The van der Waals surface area contributed by atoms with Crippen molar-refractivity contribution in [1.29, 1.82) is 0 Å². The third kappa shape index (κ3) is 1030. The highest BCUT2D eigenvalue weighted by Gasteiger charge is 0.609. The van der Waals surface area contributed by atoms with Crippen LogP contribution in [0.2, 0.25) is 0 Å². The van der Waals surface area contributed by atoms with E-state index in [1.54, 1.807) is 0 Å². The molecular weight excluding hydrogens is 192 g/mol. The van der Waals surface area contributed by atoms with Gasteiger partial charge in [-0.25, -0.2) is 0 Å². The molecule has 0 saturated heterocycles. The smallest absolute Gasteiger partial charge is 0.0776 e.